The molecule has 1 aliphatic heterocycles. The van der Waals surface area contributed by atoms with Crippen molar-refractivity contribution in [3.8, 4) is 17.2 Å². The van der Waals surface area contributed by atoms with Crippen LogP contribution in [-0.2, 0) is 6.42 Å². The molecule has 8 heteroatoms. The van der Waals surface area contributed by atoms with Gasteiger partial charge in [0.25, 0.3) is 5.91 Å². The van der Waals surface area contributed by atoms with Gasteiger partial charge in [-0.05, 0) is 54.4 Å². The lowest BCUT2D eigenvalue weighted by Crippen LogP contribution is -2.14. The average molecular weight is 392 g/mol. The molecule has 0 aliphatic carbocycles. The van der Waals surface area contributed by atoms with E-state index in [1.807, 2.05) is 24.3 Å². The lowest BCUT2D eigenvalue weighted by molar-refractivity contribution is 0.102. The zero-order valence-electron chi connectivity index (χ0n) is 15.8. The summed E-state index contributed by atoms with van der Waals surface area (Å²) in [6.07, 6.45) is 0.842. The monoisotopic (exact) mass is 392 g/mol. The van der Waals surface area contributed by atoms with Gasteiger partial charge in [-0.3, -0.25) is 4.79 Å². The maximum absolute atomic E-state index is 12.4. The lowest BCUT2D eigenvalue weighted by atomic mass is 10.1. The zero-order valence-corrected chi connectivity index (χ0v) is 15.8. The first kappa shape index (κ1) is 18.5. The number of anilines is 2. The summed E-state index contributed by atoms with van der Waals surface area (Å²) in [7, 11) is 1.65. The summed E-state index contributed by atoms with van der Waals surface area (Å²) in [5.74, 6) is 2.74. The van der Waals surface area contributed by atoms with Crippen LogP contribution in [0.2, 0.25) is 0 Å². The van der Waals surface area contributed by atoms with Crippen LogP contribution >= 0.6 is 0 Å². The average Bonchev–Trinajstić information content (AvgIpc) is 3.23. The fourth-order valence-corrected chi connectivity index (χ4v) is 2.85. The van der Waals surface area contributed by atoms with Gasteiger partial charge < -0.3 is 24.8 Å². The molecular formula is C21H20N4O4. The van der Waals surface area contributed by atoms with E-state index in [0.717, 1.165) is 12.2 Å². The van der Waals surface area contributed by atoms with Crippen LogP contribution in [0.4, 0.5) is 11.6 Å². The number of hydrogen-bond acceptors (Lipinski definition) is 7. The molecule has 0 saturated heterocycles. The summed E-state index contributed by atoms with van der Waals surface area (Å²) in [4.78, 5) is 12.4. The molecule has 4 rings (SSSR count). The molecule has 0 fully saturated rings. The molecule has 3 aromatic rings. The third-order valence-electron chi connectivity index (χ3n) is 4.42. The first-order chi connectivity index (χ1) is 14.2. The SMILES string of the molecule is COc1ccc(CCNc2ccc(NC(=O)c3ccc4c(c3)OCO4)nn2)cc1. The van der Waals surface area contributed by atoms with Crippen LogP contribution in [0.5, 0.6) is 17.2 Å². The highest BCUT2D eigenvalue weighted by Crippen LogP contribution is 2.32. The van der Waals surface area contributed by atoms with Gasteiger partial charge in [-0.25, -0.2) is 0 Å². The number of aromatic nitrogens is 2. The van der Waals surface area contributed by atoms with E-state index in [1.54, 1.807) is 37.4 Å². The maximum atomic E-state index is 12.4. The Hall–Kier alpha value is -3.81. The summed E-state index contributed by atoms with van der Waals surface area (Å²) >= 11 is 0. The topological polar surface area (TPSA) is 94.6 Å². The van der Waals surface area contributed by atoms with Gasteiger partial charge in [0, 0.05) is 12.1 Å². The van der Waals surface area contributed by atoms with Crippen molar-refractivity contribution < 1.29 is 19.0 Å². The van der Waals surface area contributed by atoms with Crippen molar-refractivity contribution >= 4 is 17.5 Å². The summed E-state index contributed by atoms with van der Waals surface area (Å²) < 4.78 is 15.7. The molecule has 0 unspecified atom stereocenters. The molecule has 0 spiro atoms. The predicted molar refractivity (Wildman–Crippen MR) is 108 cm³/mol. The minimum absolute atomic E-state index is 0.165. The first-order valence-electron chi connectivity index (χ1n) is 9.13. The Labute approximate surface area is 167 Å². The molecule has 1 aliphatic rings. The third-order valence-corrected chi connectivity index (χ3v) is 4.42. The van der Waals surface area contributed by atoms with Crippen LogP contribution in [0.3, 0.4) is 0 Å². The molecule has 8 nitrogen and oxygen atoms in total. The molecular weight excluding hydrogens is 372 g/mol. The predicted octanol–water partition coefficient (Wildman–Crippen LogP) is 3.12. The van der Waals surface area contributed by atoms with Gasteiger partial charge in [0.1, 0.15) is 11.6 Å². The quantitative estimate of drug-likeness (QED) is 0.638. The number of carbonyl (C=O) groups is 1. The summed E-state index contributed by atoms with van der Waals surface area (Å²) in [6, 6.07) is 16.4. The van der Waals surface area contributed by atoms with Crippen molar-refractivity contribution in [2.45, 2.75) is 6.42 Å². The van der Waals surface area contributed by atoms with E-state index in [2.05, 4.69) is 20.8 Å². The molecule has 0 saturated carbocycles. The molecule has 0 radical (unpaired) electrons. The number of methoxy groups -OCH3 is 1. The van der Waals surface area contributed by atoms with Crippen molar-refractivity contribution in [2.24, 2.45) is 0 Å². The fraction of sp³-hybridized carbons (Fsp3) is 0.190. The first-order valence-corrected chi connectivity index (χ1v) is 9.13. The molecule has 1 aromatic heterocycles. The molecule has 1 amide bonds. The van der Waals surface area contributed by atoms with Gasteiger partial charge in [-0.15, -0.1) is 10.2 Å². The number of rotatable bonds is 7. The smallest absolute Gasteiger partial charge is 0.257 e. The van der Waals surface area contributed by atoms with Gasteiger partial charge in [0.2, 0.25) is 6.79 Å². The largest absolute Gasteiger partial charge is 0.497 e. The Morgan fingerprint density at radius 2 is 1.76 bits per heavy atom. The second-order valence-corrected chi connectivity index (χ2v) is 6.35. The van der Waals surface area contributed by atoms with Crippen LogP contribution in [0.15, 0.2) is 54.6 Å². The Morgan fingerprint density at radius 1 is 1.00 bits per heavy atom. The van der Waals surface area contributed by atoms with Crippen molar-refractivity contribution in [1.82, 2.24) is 10.2 Å². The fourth-order valence-electron chi connectivity index (χ4n) is 2.85. The Kier molecular flexibility index (Phi) is 5.42. The van der Waals surface area contributed by atoms with Crippen LogP contribution < -0.4 is 24.8 Å². The molecule has 2 N–H and O–H groups in total. The number of fused-ring (bicyclic) bond motifs is 1. The summed E-state index contributed by atoms with van der Waals surface area (Å²) in [6.45, 7) is 0.878. The number of nitrogens with zero attached hydrogens (tertiary/aromatic N) is 2. The number of carbonyl (C=O) groups excluding carboxylic acids is 1. The number of amides is 1. The minimum Gasteiger partial charge on any atom is -0.497 e. The van der Waals surface area contributed by atoms with Crippen molar-refractivity contribution in [1.29, 1.82) is 0 Å². The van der Waals surface area contributed by atoms with Gasteiger partial charge in [-0.2, -0.15) is 0 Å². The second kappa shape index (κ2) is 8.47. The van der Waals surface area contributed by atoms with Crippen LogP contribution in [0.25, 0.3) is 0 Å². The van der Waals surface area contributed by atoms with Gasteiger partial charge in [0.05, 0.1) is 7.11 Å². The lowest BCUT2D eigenvalue weighted by Gasteiger charge is -2.08. The number of nitrogens with one attached hydrogen (secondary N) is 2. The molecule has 148 valence electrons. The number of ether oxygens (including phenoxy) is 3. The van der Waals surface area contributed by atoms with Crippen molar-refractivity contribution in [2.75, 3.05) is 31.1 Å². The molecule has 0 bridgehead atoms. The van der Waals surface area contributed by atoms with Crippen molar-refractivity contribution in [3.05, 3.63) is 65.7 Å². The molecule has 2 aromatic carbocycles. The highest BCUT2D eigenvalue weighted by Gasteiger charge is 2.16. The molecule has 29 heavy (non-hydrogen) atoms. The second-order valence-electron chi connectivity index (χ2n) is 6.35. The van der Waals surface area contributed by atoms with Gasteiger partial charge in [0.15, 0.2) is 17.3 Å². The zero-order chi connectivity index (χ0) is 20.1. The van der Waals surface area contributed by atoms with E-state index >= 15 is 0 Å². The Bertz CT molecular complexity index is 991. The Balaban J connectivity index is 1.29. The minimum atomic E-state index is -0.294. The van der Waals surface area contributed by atoms with E-state index in [1.165, 1.54) is 5.56 Å². The van der Waals surface area contributed by atoms with Crippen LogP contribution in [0.1, 0.15) is 15.9 Å². The van der Waals surface area contributed by atoms with E-state index < -0.39 is 0 Å². The standard InChI is InChI=1S/C21H20N4O4/c1-27-16-5-2-14(3-6-16)10-11-22-19-8-9-20(25-24-19)23-21(26)15-4-7-17-18(12-15)29-13-28-17/h2-9,12H,10-11,13H2,1H3,(H,22,24)(H,23,25,26). The van der Waals surface area contributed by atoms with E-state index in [-0.39, 0.29) is 12.7 Å². The summed E-state index contributed by atoms with van der Waals surface area (Å²) in [5, 5.41) is 14.1. The highest BCUT2D eigenvalue weighted by molar-refractivity contribution is 6.04. The van der Waals surface area contributed by atoms with Gasteiger partial charge >= 0.3 is 0 Å². The molecule has 0 atom stereocenters. The normalized spacial score (nSPS) is 11.8. The van der Waals surface area contributed by atoms with Crippen molar-refractivity contribution in [3.63, 3.8) is 0 Å². The number of hydrogen-bond donors (Lipinski definition) is 2. The van der Waals surface area contributed by atoms with E-state index in [9.17, 15) is 4.79 Å². The van der Waals surface area contributed by atoms with Gasteiger partial charge in [-0.1, -0.05) is 12.1 Å². The van der Waals surface area contributed by atoms with Crippen LogP contribution in [-0.4, -0.2) is 36.6 Å². The number of benzene rings is 2. The van der Waals surface area contributed by atoms with E-state index in [4.69, 9.17) is 14.2 Å². The van der Waals surface area contributed by atoms with Crippen LogP contribution in [0, 0.1) is 0 Å². The Morgan fingerprint density at radius 3 is 2.52 bits per heavy atom. The summed E-state index contributed by atoms with van der Waals surface area (Å²) in [5.41, 5.74) is 1.65. The maximum Gasteiger partial charge on any atom is 0.257 e. The third kappa shape index (κ3) is 4.55. The highest BCUT2D eigenvalue weighted by atomic mass is 16.7. The molecule has 2 heterocycles. The van der Waals surface area contributed by atoms with E-state index in [0.29, 0.717) is 35.2 Å².